The molecule has 0 atom stereocenters. The van der Waals surface area contributed by atoms with E-state index in [-0.39, 0.29) is 12.4 Å². The topological polar surface area (TPSA) is 26.3 Å². The molecule has 2 rings (SSSR count). The summed E-state index contributed by atoms with van der Waals surface area (Å²) in [6, 6.07) is 10.1. The van der Waals surface area contributed by atoms with E-state index >= 15 is 0 Å². The van der Waals surface area contributed by atoms with Crippen molar-refractivity contribution in [1.82, 2.24) is 0 Å². The first-order valence-corrected chi connectivity index (χ1v) is 6.19. The van der Waals surface area contributed by atoms with Crippen molar-refractivity contribution in [2.24, 2.45) is 0 Å². The molecule has 3 heteroatoms. The van der Waals surface area contributed by atoms with Crippen LogP contribution in [0.25, 0.3) is 10.8 Å². The van der Waals surface area contributed by atoms with Gasteiger partial charge in [-0.25, -0.2) is 0 Å². The maximum Gasteiger partial charge on any atom is 0.167 e. The number of hydrogen-bond donors (Lipinski definition) is 0. The summed E-state index contributed by atoms with van der Waals surface area (Å²) in [4.78, 5) is 11.0. The second-order valence-corrected chi connectivity index (χ2v) is 4.89. The van der Waals surface area contributed by atoms with Crippen molar-refractivity contribution in [2.75, 3.05) is 6.61 Å². The molecule has 0 heterocycles. The Bertz CT molecular complexity index is 576. The van der Waals surface area contributed by atoms with Crippen LogP contribution in [0.15, 0.2) is 34.8 Å². The Balaban J connectivity index is 2.55. The summed E-state index contributed by atoms with van der Waals surface area (Å²) in [5.74, 6) is 0.753. The Morgan fingerprint density at radius 2 is 2.00 bits per heavy atom. The van der Waals surface area contributed by atoms with E-state index in [1.165, 1.54) is 12.5 Å². The van der Waals surface area contributed by atoms with E-state index in [4.69, 9.17) is 4.74 Å². The minimum absolute atomic E-state index is 0.0153. The van der Waals surface area contributed by atoms with E-state index in [2.05, 4.69) is 35.0 Å². The minimum Gasteiger partial charge on any atom is -0.484 e. The molecule has 0 aliphatic rings. The molecule has 2 aromatic rings. The van der Waals surface area contributed by atoms with Gasteiger partial charge in [0.05, 0.1) is 4.47 Å². The van der Waals surface area contributed by atoms with Crippen LogP contribution in [-0.4, -0.2) is 12.4 Å². The second kappa shape index (κ2) is 4.88. The van der Waals surface area contributed by atoms with Crippen molar-refractivity contribution in [1.29, 1.82) is 0 Å². The maximum absolute atomic E-state index is 11.0. The van der Waals surface area contributed by atoms with Crippen LogP contribution in [0.3, 0.4) is 0 Å². The summed E-state index contributed by atoms with van der Waals surface area (Å²) in [5.41, 5.74) is 1.20. The van der Waals surface area contributed by atoms with Gasteiger partial charge in [0.2, 0.25) is 0 Å². The molecule has 17 heavy (non-hydrogen) atoms. The van der Waals surface area contributed by atoms with Crippen molar-refractivity contribution >= 4 is 32.5 Å². The Labute approximate surface area is 109 Å². The lowest BCUT2D eigenvalue weighted by Gasteiger charge is -2.11. The van der Waals surface area contributed by atoms with Crippen molar-refractivity contribution in [3.63, 3.8) is 0 Å². The SMILES string of the molecule is CC(=O)COc1c(Br)ccc2c(C)cccc12. The van der Waals surface area contributed by atoms with Gasteiger partial charge in [0.1, 0.15) is 12.4 Å². The fourth-order valence-electron chi connectivity index (χ4n) is 1.78. The Morgan fingerprint density at radius 1 is 1.24 bits per heavy atom. The van der Waals surface area contributed by atoms with Crippen LogP contribution < -0.4 is 4.74 Å². The highest BCUT2D eigenvalue weighted by Gasteiger charge is 2.09. The van der Waals surface area contributed by atoms with Crippen molar-refractivity contribution < 1.29 is 9.53 Å². The number of ketones is 1. The van der Waals surface area contributed by atoms with Gasteiger partial charge in [0.15, 0.2) is 5.78 Å². The number of fused-ring (bicyclic) bond motifs is 1. The molecule has 2 nitrogen and oxygen atoms in total. The van der Waals surface area contributed by atoms with Gasteiger partial charge >= 0.3 is 0 Å². The Kier molecular flexibility index (Phi) is 3.48. The van der Waals surface area contributed by atoms with E-state index in [0.29, 0.717) is 0 Å². The molecule has 0 saturated heterocycles. The summed E-state index contributed by atoms with van der Waals surface area (Å²) in [6.07, 6.45) is 0. The van der Waals surface area contributed by atoms with Crippen molar-refractivity contribution in [3.8, 4) is 5.75 Å². The lowest BCUT2D eigenvalue weighted by molar-refractivity contribution is -0.118. The molecule has 0 radical (unpaired) electrons. The smallest absolute Gasteiger partial charge is 0.167 e. The summed E-state index contributed by atoms with van der Waals surface area (Å²) in [7, 11) is 0. The van der Waals surface area contributed by atoms with Gasteiger partial charge in [-0.3, -0.25) is 4.79 Å². The van der Waals surface area contributed by atoms with Gasteiger partial charge in [-0.2, -0.15) is 0 Å². The number of Topliss-reactive ketones (excluding diaryl/α,β-unsaturated/α-hetero) is 1. The van der Waals surface area contributed by atoms with Crippen LogP contribution in [-0.2, 0) is 4.79 Å². The zero-order valence-corrected chi connectivity index (χ0v) is 11.4. The van der Waals surface area contributed by atoms with Gasteiger partial charge in [-0.15, -0.1) is 0 Å². The molecule has 0 aliphatic heterocycles. The molecule has 0 spiro atoms. The van der Waals surface area contributed by atoms with Gasteiger partial charge in [-0.05, 0) is 46.8 Å². The fraction of sp³-hybridized carbons (Fsp3) is 0.214. The van der Waals surface area contributed by atoms with E-state index < -0.39 is 0 Å². The number of aryl methyl sites for hydroxylation is 1. The lowest BCUT2D eigenvalue weighted by atomic mass is 10.1. The number of halogens is 1. The first-order valence-electron chi connectivity index (χ1n) is 5.39. The van der Waals surface area contributed by atoms with Gasteiger partial charge in [0, 0.05) is 5.39 Å². The van der Waals surface area contributed by atoms with E-state index in [1.807, 2.05) is 18.2 Å². The molecule has 0 bridgehead atoms. The predicted octanol–water partition coefficient (Wildman–Crippen LogP) is 3.88. The van der Waals surface area contributed by atoms with Crippen LogP contribution >= 0.6 is 15.9 Å². The molecule has 0 aromatic heterocycles. The zero-order chi connectivity index (χ0) is 12.4. The van der Waals surface area contributed by atoms with Crippen LogP contribution in [0.2, 0.25) is 0 Å². The summed E-state index contributed by atoms with van der Waals surface area (Å²) >= 11 is 3.46. The molecule has 88 valence electrons. The maximum atomic E-state index is 11.0. The fourth-order valence-corrected chi connectivity index (χ4v) is 2.24. The third-order valence-corrected chi connectivity index (χ3v) is 3.23. The van der Waals surface area contributed by atoms with Gasteiger partial charge < -0.3 is 4.74 Å². The average molecular weight is 293 g/mol. The zero-order valence-electron chi connectivity index (χ0n) is 9.79. The monoisotopic (exact) mass is 292 g/mol. The highest BCUT2D eigenvalue weighted by atomic mass is 79.9. The number of ether oxygens (including phenoxy) is 1. The third-order valence-electron chi connectivity index (χ3n) is 2.60. The highest BCUT2D eigenvalue weighted by molar-refractivity contribution is 9.10. The Hall–Kier alpha value is -1.35. The largest absolute Gasteiger partial charge is 0.484 e. The van der Waals surface area contributed by atoms with Crippen LogP contribution in [0, 0.1) is 6.92 Å². The Morgan fingerprint density at radius 3 is 2.71 bits per heavy atom. The first kappa shape index (κ1) is 12.1. The molecular weight excluding hydrogens is 280 g/mol. The third kappa shape index (κ3) is 2.50. The first-order chi connectivity index (χ1) is 8.09. The normalized spacial score (nSPS) is 10.5. The summed E-state index contributed by atoms with van der Waals surface area (Å²) in [6.45, 7) is 3.68. The molecule has 2 aromatic carbocycles. The van der Waals surface area contributed by atoms with E-state index in [9.17, 15) is 4.79 Å². The van der Waals surface area contributed by atoms with Crippen LogP contribution in [0.5, 0.6) is 5.75 Å². The second-order valence-electron chi connectivity index (χ2n) is 4.04. The minimum atomic E-state index is 0.0153. The van der Waals surface area contributed by atoms with Crippen LogP contribution in [0.1, 0.15) is 12.5 Å². The summed E-state index contributed by atoms with van der Waals surface area (Å²) in [5, 5.41) is 2.18. The number of hydrogen-bond acceptors (Lipinski definition) is 2. The number of benzene rings is 2. The number of rotatable bonds is 3. The molecule has 0 saturated carbocycles. The van der Waals surface area contributed by atoms with Crippen molar-refractivity contribution in [3.05, 3.63) is 40.4 Å². The molecule has 0 N–H and O–H groups in total. The lowest BCUT2D eigenvalue weighted by Crippen LogP contribution is -2.07. The van der Waals surface area contributed by atoms with Gasteiger partial charge in [-0.1, -0.05) is 24.3 Å². The highest BCUT2D eigenvalue weighted by Crippen LogP contribution is 2.34. The van der Waals surface area contributed by atoms with E-state index in [1.54, 1.807) is 0 Å². The molecule has 0 amide bonds. The van der Waals surface area contributed by atoms with E-state index in [0.717, 1.165) is 21.0 Å². The van der Waals surface area contributed by atoms with Crippen molar-refractivity contribution in [2.45, 2.75) is 13.8 Å². The molecular formula is C14H13BrO2. The van der Waals surface area contributed by atoms with Crippen LogP contribution in [0.4, 0.5) is 0 Å². The molecule has 0 fully saturated rings. The molecule has 0 unspecified atom stereocenters. The summed E-state index contributed by atoms with van der Waals surface area (Å²) < 4.78 is 6.44. The quantitative estimate of drug-likeness (QED) is 0.858. The van der Waals surface area contributed by atoms with Gasteiger partial charge in [0.25, 0.3) is 0 Å². The standard InChI is InChI=1S/C14H13BrO2/c1-9-4-3-5-12-11(9)6-7-13(15)14(12)17-8-10(2)16/h3-7H,8H2,1-2H3. The predicted molar refractivity (Wildman–Crippen MR) is 72.6 cm³/mol. The number of carbonyl (C=O) groups excluding carboxylic acids is 1. The number of carbonyl (C=O) groups is 1. The molecule has 0 aliphatic carbocycles. The average Bonchev–Trinajstić information content (AvgIpc) is 2.27.